The molecule has 100 valence electrons. The predicted octanol–water partition coefficient (Wildman–Crippen LogP) is -0.185. The van der Waals surface area contributed by atoms with Crippen LogP contribution in [0.2, 0.25) is 0 Å². The monoisotopic (exact) mass is 252 g/mol. The zero-order valence-corrected chi connectivity index (χ0v) is 10.8. The third kappa shape index (κ3) is 2.54. The average molecular weight is 252 g/mol. The second kappa shape index (κ2) is 5.07. The molecular formula is C12H20N4O2. The van der Waals surface area contributed by atoms with E-state index in [0.29, 0.717) is 24.7 Å². The van der Waals surface area contributed by atoms with Gasteiger partial charge in [0.1, 0.15) is 5.69 Å². The smallest absolute Gasteiger partial charge is 0.271 e. The first-order chi connectivity index (χ1) is 8.51. The molecule has 1 saturated carbocycles. The van der Waals surface area contributed by atoms with Crippen LogP contribution in [0.1, 0.15) is 29.0 Å². The number of aromatic nitrogens is 2. The van der Waals surface area contributed by atoms with Gasteiger partial charge in [0.15, 0.2) is 0 Å². The van der Waals surface area contributed by atoms with E-state index in [1.165, 1.54) is 4.90 Å². The summed E-state index contributed by atoms with van der Waals surface area (Å²) in [6, 6.07) is 1.75. The minimum atomic E-state index is -0.187. The molecule has 0 saturated heterocycles. The number of rotatable bonds is 4. The molecule has 1 amide bonds. The van der Waals surface area contributed by atoms with Crippen LogP contribution in [0.5, 0.6) is 0 Å². The standard InChI is InChI=1S/C12H20N4O2/c1-15(2)12(18)11-5-9(6-13)14-16(11)7-8-3-10(17)4-8/h5,8,10,17H,3-4,6-7,13H2,1-2H3. The van der Waals surface area contributed by atoms with Gasteiger partial charge in [0.05, 0.1) is 11.8 Å². The summed E-state index contributed by atoms with van der Waals surface area (Å²) >= 11 is 0. The molecule has 3 N–H and O–H groups in total. The van der Waals surface area contributed by atoms with Crippen molar-refractivity contribution in [2.75, 3.05) is 14.1 Å². The molecule has 1 aromatic heterocycles. The second-order valence-electron chi connectivity index (χ2n) is 5.10. The molecule has 6 heteroatoms. The Kier molecular flexibility index (Phi) is 3.68. The summed E-state index contributed by atoms with van der Waals surface area (Å²) in [7, 11) is 3.43. The summed E-state index contributed by atoms with van der Waals surface area (Å²) in [6.07, 6.45) is 1.38. The number of aliphatic hydroxyl groups is 1. The minimum absolute atomic E-state index is 0.0675. The highest BCUT2D eigenvalue weighted by atomic mass is 16.3. The Morgan fingerprint density at radius 2 is 2.28 bits per heavy atom. The van der Waals surface area contributed by atoms with Crippen LogP contribution >= 0.6 is 0 Å². The number of aliphatic hydroxyl groups excluding tert-OH is 1. The first-order valence-electron chi connectivity index (χ1n) is 6.17. The number of nitrogens with two attached hydrogens (primary N) is 1. The number of carbonyl (C=O) groups excluding carboxylic acids is 1. The van der Waals surface area contributed by atoms with Crippen LogP contribution in [-0.4, -0.2) is 45.9 Å². The fraction of sp³-hybridized carbons (Fsp3) is 0.667. The van der Waals surface area contributed by atoms with Crippen molar-refractivity contribution < 1.29 is 9.90 Å². The van der Waals surface area contributed by atoms with Gasteiger partial charge in [-0.25, -0.2) is 0 Å². The highest BCUT2D eigenvalue weighted by Crippen LogP contribution is 2.29. The third-order valence-corrected chi connectivity index (χ3v) is 3.31. The predicted molar refractivity (Wildman–Crippen MR) is 66.9 cm³/mol. The van der Waals surface area contributed by atoms with Gasteiger partial charge < -0.3 is 15.7 Å². The Balaban J connectivity index is 2.16. The molecule has 0 aromatic carbocycles. The number of hydrogen-bond donors (Lipinski definition) is 2. The fourth-order valence-corrected chi connectivity index (χ4v) is 2.20. The van der Waals surface area contributed by atoms with Crippen molar-refractivity contribution in [3.63, 3.8) is 0 Å². The molecule has 2 rings (SSSR count). The van der Waals surface area contributed by atoms with Gasteiger partial charge in [0, 0.05) is 27.2 Å². The Labute approximate surface area is 106 Å². The van der Waals surface area contributed by atoms with E-state index in [1.54, 1.807) is 24.8 Å². The van der Waals surface area contributed by atoms with Crippen LogP contribution in [0, 0.1) is 5.92 Å². The fourth-order valence-electron chi connectivity index (χ4n) is 2.20. The lowest BCUT2D eigenvalue weighted by atomic mass is 9.82. The third-order valence-electron chi connectivity index (χ3n) is 3.31. The van der Waals surface area contributed by atoms with Gasteiger partial charge in [-0.05, 0) is 24.8 Å². The summed E-state index contributed by atoms with van der Waals surface area (Å²) < 4.78 is 1.72. The molecule has 1 aliphatic carbocycles. The van der Waals surface area contributed by atoms with Gasteiger partial charge in [-0.2, -0.15) is 5.10 Å². The lowest BCUT2D eigenvalue weighted by molar-refractivity contribution is 0.0330. The topological polar surface area (TPSA) is 84.4 Å². The van der Waals surface area contributed by atoms with Crippen molar-refractivity contribution >= 4 is 5.91 Å². The zero-order valence-electron chi connectivity index (χ0n) is 10.8. The van der Waals surface area contributed by atoms with E-state index in [4.69, 9.17) is 5.73 Å². The van der Waals surface area contributed by atoms with E-state index < -0.39 is 0 Å². The summed E-state index contributed by atoms with van der Waals surface area (Å²) in [5, 5.41) is 13.6. The number of hydrogen-bond acceptors (Lipinski definition) is 4. The summed E-state index contributed by atoms with van der Waals surface area (Å²) in [6.45, 7) is 1.000. The summed E-state index contributed by atoms with van der Waals surface area (Å²) in [4.78, 5) is 13.6. The molecule has 0 radical (unpaired) electrons. The molecule has 0 unspecified atom stereocenters. The lowest BCUT2D eigenvalue weighted by Gasteiger charge is -2.31. The molecule has 1 aromatic rings. The normalized spacial score (nSPS) is 22.7. The van der Waals surface area contributed by atoms with Crippen LogP contribution < -0.4 is 5.73 Å². The van der Waals surface area contributed by atoms with Crippen LogP contribution in [0.4, 0.5) is 0 Å². The minimum Gasteiger partial charge on any atom is -0.393 e. The van der Waals surface area contributed by atoms with E-state index in [0.717, 1.165) is 18.5 Å². The Bertz CT molecular complexity index is 435. The molecular weight excluding hydrogens is 232 g/mol. The van der Waals surface area contributed by atoms with Crippen molar-refractivity contribution in [3.05, 3.63) is 17.5 Å². The number of nitrogens with zero attached hydrogens (tertiary/aromatic N) is 3. The maximum Gasteiger partial charge on any atom is 0.271 e. The summed E-state index contributed by atoms with van der Waals surface area (Å²) in [5.74, 6) is 0.335. The van der Waals surface area contributed by atoms with E-state index in [-0.39, 0.29) is 12.0 Å². The van der Waals surface area contributed by atoms with Gasteiger partial charge in [-0.3, -0.25) is 9.48 Å². The van der Waals surface area contributed by atoms with Crippen LogP contribution in [0.25, 0.3) is 0 Å². The van der Waals surface area contributed by atoms with E-state index >= 15 is 0 Å². The van der Waals surface area contributed by atoms with Crippen molar-refractivity contribution in [1.29, 1.82) is 0 Å². The van der Waals surface area contributed by atoms with Gasteiger partial charge >= 0.3 is 0 Å². The number of carbonyl (C=O) groups is 1. The van der Waals surface area contributed by atoms with Crippen molar-refractivity contribution in [3.8, 4) is 0 Å². The molecule has 1 heterocycles. The maximum absolute atomic E-state index is 12.0. The molecule has 6 nitrogen and oxygen atoms in total. The zero-order chi connectivity index (χ0) is 13.3. The highest BCUT2D eigenvalue weighted by molar-refractivity contribution is 5.92. The Morgan fingerprint density at radius 3 is 2.78 bits per heavy atom. The van der Waals surface area contributed by atoms with E-state index in [9.17, 15) is 9.90 Å². The van der Waals surface area contributed by atoms with Gasteiger partial charge in [0.25, 0.3) is 5.91 Å². The molecule has 0 atom stereocenters. The quantitative estimate of drug-likeness (QED) is 0.778. The molecule has 0 bridgehead atoms. The van der Waals surface area contributed by atoms with E-state index in [1.807, 2.05) is 0 Å². The first kappa shape index (κ1) is 13.0. The molecule has 0 aliphatic heterocycles. The van der Waals surface area contributed by atoms with Crippen molar-refractivity contribution in [1.82, 2.24) is 14.7 Å². The molecule has 18 heavy (non-hydrogen) atoms. The van der Waals surface area contributed by atoms with E-state index in [2.05, 4.69) is 5.10 Å². The SMILES string of the molecule is CN(C)C(=O)c1cc(CN)nn1CC1CC(O)C1. The largest absolute Gasteiger partial charge is 0.393 e. The molecule has 1 fully saturated rings. The maximum atomic E-state index is 12.0. The molecule has 0 spiro atoms. The van der Waals surface area contributed by atoms with Crippen LogP contribution in [0.15, 0.2) is 6.07 Å². The van der Waals surface area contributed by atoms with Crippen molar-refractivity contribution in [2.45, 2.75) is 32.0 Å². The first-order valence-corrected chi connectivity index (χ1v) is 6.17. The van der Waals surface area contributed by atoms with Crippen molar-refractivity contribution in [2.24, 2.45) is 11.7 Å². The Hall–Kier alpha value is -1.40. The van der Waals surface area contributed by atoms with Crippen LogP contribution in [0.3, 0.4) is 0 Å². The average Bonchev–Trinajstić information content (AvgIpc) is 2.69. The Morgan fingerprint density at radius 1 is 1.61 bits per heavy atom. The number of amides is 1. The lowest BCUT2D eigenvalue weighted by Crippen LogP contribution is -2.33. The second-order valence-corrected chi connectivity index (χ2v) is 5.10. The van der Waals surface area contributed by atoms with Gasteiger partial charge in [0.2, 0.25) is 0 Å². The van der Waals surface area contributed by atoms with Gasteiger partial charge in [-0.1, -0.05) is 0 Å². The molecule has 1 aliphatic rings. The van der Waals surface area contributed by atoms with Crippen LogP contribution in [-0.2, 0) is 13.1 Å². The highest BCUT2D eigenvalue weighted by Gasteiger charge is 2.29. The van der Waals surface area contributed by atoms with Gasteiger partial charge in [-0.15, -0.1) is 0 Å². The summed E-state index contributed by atoms with van der Waals surface area (Å²) in [5.41, 5.74) is 6.86.